The minimum absolute atomic E-state index is 0.0436. The van der Waals surface area contributed by atoms with Gasteiger partial charge in [-0.2, -0.15) is 0 Å². The third-order valence-electron chi connectivity index (χ3n) is 3.62. The van der Waals surface area contributed by atoms with Crippen LogP contribution >= 0.6 is 0 Å². The summed E-state index contributed by atoms with van der Waals surface area (Å²) in [6, 6.07) is 26.4. The molecule has 3 aromatic rings. The van der Waals surface area contributed by atoms with E-state index in [1.54, 1.807) is 0 Å². The standard InChI is InChI=1S/C22H19NO2/c1-17(16-22(24)18-8-4-2-5-9-18)23-19-12-14-21(15-13-19)25-20-10-6-3-7-11-20/h2-15,23H,1,16H2. The lowest BCUT2D eigenvalue weighted by molar-refractivity contribution is 0.0993. The molecule has 3 heteroatoms. The summed E-state index contributed by atoms with van der Waals surface area (Å²) in [6.07, 6.45) is 0.256. The predicted molar refractivity (Wildman–Crippen MR) is 101 cm³/mol. The van der Waals surface area contributed by atoms with E-state index in [-0.39, 0.29) is 12.2 Å². The minimum atomic E-state index is 0.0436. The van der Waals surface area contributed by atoms with Gasteiger partial charge in [0, 0.05) is 16.9 Å². The summed E-state index contributed by atoms with van der Waals surface area (Å²) >= 11 is 0. The topological polar surface area (TPSA) is 38.3 Å². The number of carbonyl (C=O) groups excluding carboxylic acids is 1. The predicted octanol–water partition coefficient (Wildman–Crippen LogP) is 5.68. The first-order valence-corrected chi connectivity index (χ1v) is 8.07. The molecule has 124 valence electrons. The number of hydrogen-bond donors (Lipinski definition) is 1. The molecule has 0 aliphatic carbocycles. The Labute approximate surface area is 147 Å². The van der Waals surface area contributed by atoms with E-state index in [1.807, 2.05) is 84.9 Å². The van der Waals surface area contributed by atoms with Crippen molar-refractivity contribution in [2.45, 2.75) is 6.42 Å². The highest BCUT2D eigenvalue weighted by atomic mass is 16.5. The van der Waals surface area contributed by atoms with E-state index in [0.29, 0.717) is 11.3 Å². The van der Waals surface area contributed by atoms with Crippen LogP contribution in [0, 0.1) is 0 Å². The van der Waals surface area contributed by atoms with Crippen molar-refractivity contribution in [3.8, 4) is 11.5 Å². The van der Waals surface area contributed by atoms with Crippen LogP contribution in [0.1, 0.15) is 16.8 Å². The summed E-state index contributed by atoms with van der Waals surface area (Å²) < 4.78 is 5.76. The number of para-hydroxylation sites is 1. The van der Waals surface area contributed by atoms with E-state index in [2.05, 4.69) is 11.9 Å². The maximum absolute atomic E-state index is 12.2. The zero-order valence-corrected chi connectivity index (χ0v) is 13.8. The molecule has 25 heavy (non-hydrogen) atoms. The minimum Gasteiger partial charge on any atom is -0.457 e. The molecule has 0 spiro atoms. The van der Waals surface area contributed by atoms with E-state index in [0.717, 1.165) is 17.2 Å². The Bertz CT molecular complexity index is 840. The quantitative estimate of drug-likeness (QED) is 0.567. The number of ketones is 1. The highest BCUT2D eigenvalue weighted by molar-refractivity contribution is 5.97. The van der Waals surface area contributed by atoms with Crippen LogP contribution in [0.4, 0.5) is 5.69 Å². The van der Waals surface area contributed by atoms with Gasteiger partial charge in [0.2, 0.25) is 0 Å². The summed E-state index contributed by atoms with van der Waals surface area (Å²) in [5.74, 6) is 1.59. The first-order chi connectivity index (χ1) is 12.2. The number of anilines is 1. The Morgan fingerprint density at radius 1 is 0.800 bits per heavy atom. The smallest absolute Gasteiger partial charge is 0.168 e. The van der Waals surface area contributed by atoms with E-state index in [4.69, 9.17) is 4.74 Å². The number of carbonyl (C=O) groups is 1. The maximum atomic E-state index is 12.2. The average molecular weight is 329 g/mol. The van der Waals surface area contributed by atoms with Gasteiger partial charge in [0.15, 0.2) is 5.78 Å². The second-order valence-electron chi connectivity index (χ2n) is 5.63. The van der Waals surface area contributed by atoms with Gasteiger partial charge < -0.3 is 10.1 Å². The van der Waals surface area contributed by atoms with Crippen molar-refractivity contribution in [1.82, 2.24) is 0 Å². The highest BCUT2D eigenvalue weighted by Crippen LogP contribution is 2.23. The molecule has 0 heterocycles. The SMILES string of the molecule is C=C(CC(=O)c1ccccc1)Nc1ccc(Oc2ccccc2)cc1. The van der Waals surface area contributed by atoms with E-state index >= 15 is 0 Å². The second kappa shape index (κ2) is 7.97. The molecular weight excluding hydrogens is 310 g/mol. The molecule has 0 atom stereocenters. The number of nitrogens with one attached hydrogen (secondary N) is 1. The number of rotatable bonds is 7. The van der Waals surface area contributed by atoms with Gasteiger partial charge in [-0.05, 0) is 36.4 Å². The van der Waals surface area contributed by atoms with Crippen LogP contribution in [0.2, 0.25) is 0 Å². The van der Waals surface area contributed by atoms with Gasteiger partial charge in [0.05, 0.1) is 6.42 Å². The highest BCUT2D eigenvalue weighted by Gasteiger charge is 2.07. The van der Waals surface area contributed by atoms with Crippen LogP contribution in [0.3, 0.4) is 0 Å². The Morgan fingerprint density at radius 2 is 1.36 bits per heavy atom. The zero-order chi connectivity index (χ0) is 17.5. The van der Waals surface area contributed by atoms with E-state index < -0.39 is 0 Å². The lowest BCUT2D eigenvalue weighted by Gasteiger charge is -2.10. The molecule has 0 saturated carbocycles. The first kappa shape index (κ1) is 16.5. The summed E-state index contributed by atoms with van der Waals surface area (Å²) in [5, 5.41) is 3.16. The molecule has 0 aromatic heterocycles. The number of benzene rings is 3. The zero-order valence-electron chi connectivity index (χ0n) is 13.8. The largest absolute Gasteiger partial charge is 0.457 e. The third-order valence-corrected chi connectivity index (χ3v) is 3.62. The summed E-state index contributed by atoms with van der Waals surface area (Å²) in [6.45, 7) is 3.94. The van der Waals surface area contributed by atoms with Gasteiger partial charge >= 0.3 is 0 Å². The van der Waals surface area contributed by atoms with Gasteiger partial charge in [0.25, 0.3) is 0 Å². The van der Waals surface area contributed by atoms with Crippen LogP contribution in [-0.4, -0.2) is 5.78 Å². The van der Waals surface area contributed by atoms with E-state index in [9.17, 15) is 4.79 Å². The van der Waals surface area contributed by atoms with Gasteiger partial charge in [0.1, 0.15) is 11.5 Å². The van der Waals surface area contributed by atoms with Crippen LogP contribution in [0.25, 0.3) is 0 Å². The van der Waals surface area contributed by atoms with Crippen molar-refractivity contribution in [3.05, 3.63) is 103 Å². The molecule has 0 aliphatic heterocycles. The van der Waals surface area contributed by atoms with Gasteiger partial charge in [-0.15, -0.1) is 0 Å². The number of Topliss-reactive ketones (excluding diaryl/α,β-unsaturated/α-hetero) is 1. The summed E-state index contributed by atoms with van der Waals surface area (Å²) in [5.41, 5.74) is 2.22. The molecule has 0 fully saturated rings. The molecule has 0 unspecified atom stereocenters. The van der Waals surface area contributed by atoms with Crippen molar-refractivity contribution >= 4 is 11.5 Å². The molecule has 0 bridgehead atoms. The second-order valence-corrected chi connectivity index (χ2v) is 5.63. The van der Waals surface area contributed by atoms with Crippen LogP contribution in [0.15, 0.2) is 97.2 Å². The van der Waals surface area contributed by atoms with Gasteiger partial charge in [-0.1, -0.05) is 55.1 Å². The average Bonchev–Trinajstić information content (AvgIpc) is 2.65. The molecular formula is C22H19NO2. The third kappa shape index (κ3) is 4.82. The molecule has 3 aromatic carbocycles. The molecule has 1 N–H and O–H groups in total. The molecule has 0 saturated heterocycles. The monoisotopic (exact) mass is 329 g/mol. The first-order valence-electron chi connectivity index (χ1n) is 8.07. The van der Waals surface area contributed by atoms with E-state index in [1.165, 1.54) is 0 Å². The number of ether oxygens (including phenoxy) is 1. The molecule has 3 nitrogen and oxygen atoms in total. The van der Waals surface area contributed by atoms with Gasteiger partial charge in [-0.25, -0.2) is 0 Å². The van der Waals surface area contributed by atoms with Crippen LogP contribution in [0.5, 0.6) is 11.5 Å². The van der Waals surface area contributed by atoms with Crippen LogP contribution in [-0.2, 0) is 0 Å². The van der Waals surface area contributed by atoms with Gasteiger partial charge in [-0.3, -0.25) is 4.79 Å². The van der Waals surface area contributed by atoms with Crippen molar-refractivity contribution in [3.63, 3.8) is 0 Å². The fraction of sp³-hybridized carbons (Fsp3) is 0.0455. The lowest BCUT2D eigenvalue weighted by atomic mass is 10.1. The Morgan fingerprint density at radius 3 is 2.00 bits per heavy atom. The van der Waals surface area contributed by atoms with Crippen molar-refractivity contribution in [2.75, 3.05) is 5.32 Å². The van der Waals surface area contributed by atoms with Crippen molar-refractivity contribution in [1.29, 1.82) is 0 Å². The fourth-order valence-electron chi connectivity index (χ4n) is 2.40. The Kier molecular flexibility index (Phi) is 5.27. The van der Waals surface area contributed by atoms with Crippen molar-refractivity contribution < 1.29 is 9.53 Å². The molecule has 0 aliphatic rings. The normalized spacial score (nSPS) is 10.1. The Hall–Kier alpha value is -3.33. The summed E-state index contributed by atoms with van der Waals surface area (Å²) in [4.78, 5) is 12.2. The number of hydrogen-bond acceptors (Lipinski definition) is 3. The molecule has 0 amide bonds. The number of allylic oxidation sites excluding steroid dienone is 1. The maximum Gasteiger partial charge on any atom is 0.168 e. The lowest BCUT2D eigenvalue weighted by Crippen LogP contribution is -2.06. The van der Waals surface area contributed by atoms with Crippen LogP contribution < -0.4 is 10.1 Å². The molecule has 3 rings (SSSR count). The summed E-state index contributed by atoms with van der Waals surface area (Å²) in [7, 11) is 0. The fourth-order valence-corrected chi connectivity index (χ4v) is 2.40. The Balaban J connectivity index is 1.56. The molecule has 0 radical (unpaired) electrons. The van der Waals surface area contributed by atoms with Crippen molar-refractivity contribution in [2.24, 2.45) is 0 Å².